The van der Waals surface area contributed by atoms with Crippen LogP contribution >= 0.6 is 0 Å². The zero-order valence-electron chi connectivity index (χ0n) is 23.2. The first kappa shape index (κ1) is 31.2. The van der Waals surface area contributed by atoms with Gasteiger partial charge in [0.1, 0.15) is 17.9 Å². The number of unbranched alkanes of at least 4 members (excludes halogenated alkanes) is 2. The molecule has 2 aromatic rings. The first-order valence-electron chi connectivity index (χ1n) is 13.7. The third-order valence-corrected chi connectivity index (χ3v) is 9.04. The SMILES string of the molecule is CC(=N)CCCCCC(=O)Cc1ccc(C[C@H](NC(=O)[C@@H]2CCCN2S(=O)(=O)c2ccc(C)cc2)C(=O)O)cc1. The molecule has 3 N–H and O–H groups in total. The predicted octanol–water partition coefficient (Wildman–Crippen LogP) is 4.06. The molecule has 0 spiro atoms. The lowest BCUT2D eigenvalue weighted by molar-refractivity contribution is -0.142. The standard InChI is InChI=1S/C30H39N3O6S/c1-21-10-16-26(17-11-21)40(38,39)33-18-6-9-28(33)29(35)32-27(30(36)37)20-24-14-12-23(13-15-24)19-25(34)8-5-3-4-7-22(2)31/h10-17,27-28,31H,3-9,18-20H2,1-2H3,(H,32,35)(H,36,37)/t27-,28-/m0/s1. The number of nitrogens with one attached hydrogen (secondary N) is 2. The van der Waals surface area contributed by atoms with Gasteiger partial charge in [-0.15, -0.1) is 0 Å². The second kappa shape index (κ2) is 14.3. The van der Waals surface area contributed by atoms with Crippen molar-refractivity contribution >= 4 is 33.4 Å². The van der Waals surface area contributed by atoms with E-state index in [2.05, 4.69) is 5.32 Å². The highest BCUT2D eigenvalue weighted by atomic mass is 32.2. The van der Waals surface area contributed by atoms with Crippen LogP contribution in [-0.2, 0) is 37.2 Å². The first-order chi connectivity index (χ1) is 19.0. The molecule has 40 heavy (non-hydrogen) atoms. The maximum absolute atomic E-state index is 13.2. The van der Waals surface area contributed by atoms with Crippen LogP contribution < -0.4 is 5.32 Å². The Balaban J connectivity index is 1.57. The van der Waals surface area contributed by atoms with Gasteiger partial charge in [-0.05, 0) is 69.2 Å². The van der Waals surface area contributed by atoms with Crippen LogP contribution in [0.1, 0.15) is 68.6 Å². The van der Waals surface area contributed by atoms with Crippen molar-refractivity contribution in [2.45, 2.75) is 88.6 Å². The molecule has 10 heteroatoms. The highest BCUT2D eigenvalue weighted by Gasteiger charge is 2.40. The first-order valence-corrected chi connectivity index (χ1v) is 15.2. The molecule has 1 amide bonds. The van der Waals surface area contributed by atoms with Crippen molar-refractivity contribution in [3.05, 3.63) is 65.2 Å². The molecule has 0 radical (unpaired) electrons. The predicted molar refractivity (Wildman–Crippen MR) is 153 cm³/mol. The monoisotopic (exact) mass is 569 g/mol. The fourth-order valence-corrected chi connectivity index (χ4v) is 6.49. The van der Waals surface area contributed by atoms with E-state index in [1.54, 1.807) is 43.3 Å². The molecular formula is C30H39N3O6S. The summed E-state index contributed by atoms with van der Waals surface area (Å²) >= 11 is 0. The van der Waals surface area contributed by atoms with E-state index in [4.69, 9.17) is 5.41 Å². The van der Waals surface area contributed by atoms with E-state index < -0.39 is 34.0 Å². The number of carboxylic acids is 1. The van der Waals surface area contributed by atoms with Crippen molar-refractivity contribution in [3.8, 4) is 0 Å². The molecular weight excluding hydrogens is 530 g/mol. The quantitative estimate of drug-likeness (QED) is 0.218. The molecule has 1 fully saturated rings. The largest absolute Gasteiger partial charge is 0.480 e. The molecule has 1 saturated heterocycles. The summed E-state index contributed by atoms with van der Waals surface area (Å²) in [6.45, 7) is 3.83. The van der Waals surface area contributed by atoms with Crippen LogP contribution in [0, 0.1) is 12.3 Å². The molecule has 0 aromatic heterocycles. The molecule has 9 nitrogen and oxygen atoms in total. The Hall–Kier alpha value is -3.37. The van der Waals surface area contributed by atoms with Gasteiger partial charge in [-0.1, -0.05) is 48.4 Å². The Morgan fingerprint density at radius 1 is 1.00 bits per heavy atom. The molecule has 3 rings (SSSR count). The Morgan fingerprint density at radius 3 is 2.25 bits per heavy atom. The number of hydrogen-bond donors (Lipinski definition) is 3. The van der Waals surface area contributed by atoms with Crippen LogP contribution in [0.15, 0.2) is 53.4 Å². The number of benzene rings is 2. The molecule has 0 saturated carbocycles. The van der Waals surface area contributed by atoms with Gasteiger partial charge in [-0.2, -0.15) is 4.31 Å². The number of rotatable bonds is 15. The van der Waals surface area contributed by atoms with Crippen molar-refractivity contribution in [2.24, 2.45) is 0 Å². The molecule has 2 aromatic carbocycles. The third kappa shape index (κ3) is 8.82. The number of carboxylic acid groups (broad SMARTS) is 1. The number of aryl methyl sites for hydroxylation is 1. The number of Topliss-reactive ketones (excluding diaryl/α,β-unsaturated/α-hetero) is 1. The zero-order chi connectivity index (χ0) is 29.3. The number of hydrogen-bond acceptors (Lipinski definition) is 6. The van der Waals surface area contributed by atoms with E-state index in [0.717, 1.165) is 41.1 Å². The summed E-state index contributed by atoms with van der Waals surface area (Å²) in [4.78, 5) is 37.5. The van der Waals surface area contributed by atoms with E-state index in [1.807, 2.05) is 6.92 Å². The van der Waals surface area contributed by atoms with E-state index in [-0.39, 0.29) is 23.6 Å². The lowest BCUT2D eigenvalue weighted by atomic mass is 10.00. The average Bonchev–Trinajstić information content (AvgIpc) is 3.40. The molecule has 216 valence electrons. The molecule has 0 unspecified atom stereocenters. The van der Waals surface area contributed by atoms with Crippen molar-refractivity contribution in [1.82, 2.24) is 9.62 Å². The lowest BCUT2D eigenvalue weighted by Crippen LogP contribution is -2.51. The fraction of sp³-hybridized carbons (Fsp3) is 0.467. The van der Waals surface area contributed by atoms with Gasteiger partial charge in [-0.25, -0.2) is 13.2 Å². The smallest absolute Gasteiger partial charge is 0.326 e. The molecule has 2 atom stereocenters. The van der Waals surface area contributed by atoms with Crippen LogP contribution in [-0.4, -0.2) is 59.8 Å². The highest BCUT2D eigenvalue weighted by Crippen LogP contribution is 2.26. The number of aliphatic carboxylic acids is 1. The number of carbonyl (C=O) groups is 3. The number of amides is 1. The minimum absolute atomic E-state index is 0.0270. The van der Waals surface area contributed by atoms with Gasteiger partial charge in [0.25, 0.3) is 0 Å². The number of carbonyl (C=O) groups excluding carboxylic acids is 2. The van der Waals surface area contributed by atoms with Crippen LogP contribution in [0.25, 0.3) is 0 Å². The van der Waals surface area contributed by atoms with Gasteiger partial charge in [-0.3, -0.25) is 9.59 Å². The van der Waals surface area contributed by atoms with Crippen molar-refractivity contribution in [1.29, 1.82) is 5.41 Å². The van der Waals surface area contributed by atoms with E-state index in [0.29, 0.717) is 37.0 Å². The topological polar surface area (TPSA) is 145 Å². The summed E-state index contributed by atoms with van der Waals surface area (Å²) in [5.74, 6) is -1.70. The van der Waals surface area contributed by atoms with Crippen LogP contribution in [0.5, 0.6) is 0 Å². The van der Waals surface area contributed by atoms with Gasteiger partial charge in [0.05, 0.1) is 4.90 Å². The summed E-state index contributed by atoms with van der Waals surface area (Å²) in [6.07, 6.45) is 5.03. The minimum atomic E-state index is -3.90. The van der Waals surface area contributed by atoms with Gasteiger partial charge in [0.15, 0.2) is 0 Å². The fourth-order valence-electron chi connectivity index (χ4n) is 4.84. The maximum Gasteiger partial charge on any atom is 0.326 e. The van der Waals surface area contributed by atoms with Gasteiger partial charge >= 0.3 is 5.97 Å². The second-order valence-electron chi connectivity index (χ2n) is 10.6. The van der Waals surface area contributed by atoms with Crippen LogP contribution in [0.3, 0.4) is 0 Å². The molecule has 1 aliphatic rings. The average molecular weight is 570 g/mol. The van der Waals surface area contributed by atoms with E-state index >= 15 is 0 Å². The number of ketones is 1. The van der Waals surface area contributed by atoms with Crippen molar-refractivity contribution in [2.75, 3.05) is 6.54 Å². The van der Waals surface area contributed by atoms with E-state index in [9.17, 15) is 27.9 Å². The Bertz CT molecular complexity index is 1310. The number of sulfonamides is 1. The second-order valence-corrected chi connectivity index (χ2v) is 12.5. The summed E-state index contributed by atoms with van der Waals surface area (Å²) in [6, 6.07) is 11.3. The number of nitrogens with zero attached hydrogens (tertiary/aromatic N) is 1. The zero-order valence-corrected chi connectivity index (χ0v) is 24.0. The van der Waals surface area contributed by atoms with Crippen molar-refractivity contribution in [3.63, 3.8) is 0 Å². The molecule has 0 bridgehead atoms. The third-order valence-electron chi connectivity index (χ3n) is 7.12. The Kier molecular flexibility index (Phi) is 11.2. The Morgan fingerprint density at radius 2 is 1.62 bits per heavy atom. The van der Waals surface area contributed by atoms with Gasteiger partial charge < -0.3 is 15.8 Å². The summed E-state index contributed by atoms with van der Waals surface area (Å²) in [7, 11) is -3.90. The highest BCUT2D eigenvalue weighted by molar-refractivity contribution is 7.89. The summed E-state index contributed by atoms with van der Waals surface area (Å²) in [5.41, 5.74) is 3.09. The molecule has 0 aliphatic carbocycles. The van der Waals surface area contributed by atoms with E-state index in [1.165, 1.54) is 12.1 Å². The van der Waals surface area contributed by atoms with Gasteiger partial charge in [0, 0.05) is 31.5 Å². The molecule has 1 heterocycles. The normalized spacial score (nSPS) is 16.4. The van der Waals surface area contributed by atoms with Crippen molar-refractivity contribution < 1.29 is 27.9 Å². The molecule has 1 aliphatic heterocycles. The Labute approximate surface area is 236 Å². The van der Waals surface area contributed by atoms with Crippen LogP contribution in [0.2, 0.25) is 0 Å². The van der Waals surface area contributed by atoms with Gasteiger partial charge in [0.2, 0.25) is 15.9 Å². The maximum atomic E-state index is 13.2. The summed E-state index contributed by atoms with van der Waals surface area (Å²) < 4.78 is 27.5. The van der Waals surface area contributed by atoms with Crippen LogP contribution in [0.4, 0.5) is 0 Å². The summed E-state index contributed by atoms with van der Waals surface area (Å²) in [5, 5.41) is 19.8. The lowest BCUT2D eigenvalue weighted by Gasteiger charge is -2.25. The minimum Gasteiger partial charge on any atom is -0.480 e.